The maximum absolute atomic E-state index is 13.7. The summed E-state index contributed by atoms with van der Waals surface area (Å²) in [5.41, 5.74) is -1.40. The van der Waals surface area contributed by atoms with Crippen molar-refractivity contribution < 1.29 is 31.1 Å². The Labute approximate surface area is 178 Å². The lowest BCUT2D eigenvalue weighted by Gasteiger charge is -2.33. The highest BCUT2D eigenvalue weighted by Crippen LogP contribution is 2.43. The molecule has 1 amide bonds. The minimum absolute atomic E-state index is 0.0540. The first-order valence-electron chi connectivity index (χ1n) is 9.49. The molecule has 168 valence electrons. The molecule has 11 heteroatoms. The number of benzene rings is 2. The average Bonchev–Trinajstić information content (AvgIpc) is 3.17. The van der Waals surface area contributed by atoms with Gasteiger partial charge in [0.15, 0.2) is 11.7 Å². The van der Waals surface area contributed by atoms with Crippen LogP contribution in [0.4, 0.5) is 37.8 Å². The predicted molar refractivity (Wildman–Crippen MR) is 104 cm³/mol. The van der Waals surface area contributed by atoms with Crippen LogP contribution in [-0.2, 0) is 6.18 Å². The van der Waals surface area contributed by atoms with Gasteiger partial charge in [0, 0.05) is 12.5 Å². The van der Waals surface area contributed by atoms with Gasteiger partial charge < -0.3 is 10.6 Å². The second-order valence-corrected chi connectivity index (χ2v) is 7.26. The topological polar surface area (TPSA) is 59.0 Å². The molecule has 32 heavy (non-hydrogen) atoms. The summed E-state index contributed by atoms with van der Waals surface area (Å²) in [6.07, 6.45) is -9.73. The molecule has 3 aromatic rings. The Morgan fingerprint density at radius 1 is 1.00 bits per heavy atom. The van der Waals surface area contributed by atoms with Crippen LogP contribution in [0.15, 0.2) is 60.7 Å². The number of halogens is 6. The molecule has 0 saturated carbocycles. The van der Waals surface area contributed by atoms with Gasteiger partial charge in [0.05, 0.1) is 17.3 Å². The molecule has 1 aromatic heterocycles. The third kappa shape index (κ3) is 4.27. The minimum Gasteiger partial charge on any atom is -0.363 e. The lowest BCUT2D eigenvalue weighted by molar-refractivity contribution is -0.173. The SMILES string of the molecule is O=C(Nc1ccccc1C(F)(F)F)c1cc2n(n1)[C@@H](C(F)(F)F)C[C@@H](c1ccccc1)N2. The van der Waals surface area contributed by atoms with Crippen LogP contribution < -0.4 is 10.6 Å². The molecule has 0 saturated heterocycles. The molecule has 2 atom stereocenters. The Hall–Kier alpha value is -3.50. The van der Waals surface area contributed by atoms with Gasteiger partial charge in [-0.2, -0.15) is 31.4 Å². The van der Waals surface area contributed by atoms with E-state index in [1.807, 2.05) is 0 Å². The lowest BCUT2D eigenvalue weighted by Crippen LogP contribution is -2.35. The van der Waals surface area contributed by atoms with Crippen LogP contribution in [0, 0.1) is 0 Å². The molecular formula is C21H16F6N4O. The molecule has 2 aromatic carbocycles. The van der Waals surface area contributed by atoms with Crippen LogP contribution in [0.5, 0.6) is 0 Å². The van der Waals surface area contributed by atoms with E-state index in [0.717, 1.165) is 24.3 Å². The lowest BCUT2D eigenvalue weighted by atomic mass is 9.97. The van der Waals surface area contributed by atoms with Crippen molar-refractivity contribution in [2.45, 2.75) is 30.9 Å². The fraction of sp³-hybridized carbons (Fsp3) is 0.238. The van der Waals surface area contributed by atoms with Crippen molar-refractivity contribution >= 4 is 17.4 Å². The zero-order valence-electron chi connectivity index (χ0n) is 16.2. The smallest absolute Gasteiger partial charge is 0.363 e. The van der Waals surface area contributed by atoms with Crippen molar-refractivity contribution in [1.29, 1.82) is 0 Å². The second kappa shape index (κ2) is 7.88. The number of nitrogens with zero attached hydrogens (tertiary/aromatic N) is 2. The Kier molecular flexibility index (Phi) is 5.35. The number of amides is 1. The summed E-state index contributed by atoms with van der Waals surface area (Å²) in [5.74, 6) is -1.11. The summed E-state index contributed by atoms with van der Waals surface area (Å²) in [4.78, 5) is 12.6. The molecule has 0 unspecified atom stereocenters. The van der Waals surface area contributed by atoms with E-state index in [2.05, 4.69) is 15.7 Å². The van der Waals surface area contributed by atoms with Gasteiger partial charge in [0.2, 0.25) is 0 Å². The molecule has 5 nitrogen and oxygen atoms in total. The van der Waals surface area contributed by atoms with Crippen LogP contribution in [-0.4, -0.2) is 21.9 Å². The van der Waals surface area contributed by atoms with Crippen molar-refractivity contribution in [3.05, 3.63) is 77.5 Å². The average molecular weight is 454 g/mol. The zero-order chi connectivity index (χ0) is 23.1. The Balaban J connectivity index is 1.65. The maximum atomic E-state index is 13.7. The van der Waals surface area contributed by atoms with E-state index < -0.39 is 47.3 Å². The summed E-state index contributed by atoms with van der Waals surface area (Å²) >= 11 is 0. The number of hydrogen-bond acceptors (Lipinski definition) is 3. The van der Waals surface area contributed by atoms with E-state index in [4.69, 9.17) is 0 Å². The summed E-state index contributed by atoms with van der Waals surface area (Å²) in [6, 6.07) is 11.2. The van der Waals surface area contributed by atoms with E-state index in [1.54, 1.807) is 30.3 Å². The third-order valence-corrected chi connectivity index (χ3v) is 5.11. The van der Waals surface area contributed by atoms with E-state index in [1.165, 1.54) is 6.07 Å². The van der Waals surface area contributed by atoms with Crippen molar-refractivity contribution in [3.8, 4) is 0 Å². The molecule has 2 N–H and O–H groups in total. The van der Waals surface area contributed by atoms with E-state index in [-0.39, 0.29) is 12.2 Å². The van der Waals surface area contributed by atoms with Gasteiger partial charge in [-0.25, -0.2) is 4.68 Å². The van der Waals surface area contributed by atoms with Crippen molar-refractivity contribution in [2.75, 3.05) is 10.6 Å². The number of alkyl halides is 6. The number of carbonyl (C=O) groups excluding carboxylic acids is 1. The first kappa shape index (κ1) is 21.7. The number of nitrogens with one attached hydrogen (secondary N) is 2. The molecule has 0 aliphatic carbocycles. The van der Waals surface area contributed by atoms with Gasteiger partial charge in [-0.1, -0.05) is 42.5 Å². The van der Waals surface area contributed by atoms with Gasteiger partial charge in [-0.15, -0.1) is 0 Å². The molecule has 1 aliphatic heterocycles. The van der Waals surface area contributed by atoms with Gasteiger partial charge >= 0.3 is 12.4 Å². The standard InChI is InChI=1S/C21H16F6N4O/c22-20(23,24)13-8-4-5-9-14(13)29-19(32)16-11-18-28-15(12-6-2-1-3-7-12)10-17(21(25,26)27)31(18)30-16/h1-9,11,15,17,28H,10H2,(H,29,32)/t15-,17+/m0/s1. The molecule has 1 aliphatic rings. The number of rotatable bonds is 3. The van der Waals surface area contributed by atoms with Crippen molar-refractivity contribution in [3.63, 3.8) is 0 Å². The molecule has 0 radical (unpaired) electrons. The normalized spacial score (nSPS) is 18.6. The molecule has 4 rings (SSSR count). The maximum Gasteiger partial charge on any atom is 0.418 e. The highest BCUT2D eigenvalue weighted by atomic mass is 19.4. The van der Waals surface area contributed by atoms with Gasteiger partial charge in [-0.3, -0.25) is 4.79 Å². The Morgan fingerprint density at radius 3 is 2.31 bits per heavy atom. The van der Waals surface area contributed by atoms with Crippen LogP contribution in [0.25, 0.3) is 0 Å². The van der Waals surface area contributed by atoms with Crippen molar-refractivity contribution in [1.82, 2.24) is 9.78 Å². The monoisotopic (exact) mass is 454 g/mol. The van der Waals surface area contributed by atoms with Gasteiger partial charge in [0.25, 0.3) is 5.91 Å². The fourth-order valence-corrected chi connectivity index (χ4v) is 3.61. The highest BCUT2D eigenvalue weighted by Gasteiger charge is 2.47. The van der Waals surface area contributed by atoms with Crippen LogP contribution in [0.2, 0.25) is 0 Å². The Morgan fingerprint density at radius 2 is 1.66 bits per heavy atom. The number of carbonyl (C=O) groups is 1. The summed E-state index contributed by atoms with van der Waals surface area (Å²) in [6.45, 7) is 0. The number of aromatic nitrogens is 2. The van der Waals surface area contributed by atoms with E-state index in [0.29, 0.717) is 10.2 Å². The van der Waals surface area contributed by atoms with Crippen molar-refractivity contribution in [2.24, 2.45) is 0 Å². The molecule has 0 fully saturated rings. The van der Waals surface area contributed by atoms with Crippen LogP contribution in [0.1, 0.15) is 40.1 Å². The summed E-state index contributed by atoms with van der Waals surface area (Å²) in [7, 11) is 0. The first-order chi connectivity index (χ1) is 15.0. The van der Waals surface area contributed by atoms with Gasteiger partial charge in [0.1, 0.15) is 5.82 Å². The molecular weight excluding hydrogens is 438 g/mol. The molecule has 0 spiro atoms. The fourth-order valence-electron chi connectivity index (χ4n) is 3.61. The van der Waals surface area contributed by atoms with Crippen LogP contribution in [0.3, 0.4) is 0 Å². The third-order valence-electron chi connectivity index (χ3n) is 5.11. The zero-order valence-corrected chi connectivity index (χ0v) is 16.2. The number of hydrogen-bond donors (Lipinski definition) is 2. The quantitative estimate of drug-likeness (QED) is 0.491. The predicted octanol–water partition coefficient (Wildman–Crippen LogP) is 5.81. The number of fused-ring (bicyclic) bond motifs is 1. The van der Waals surface area contributed by atoms with E-state index >= 15 is 0 Å². The summed E-state index contributed by atoms with van der Waals surface area (Å²) < 4.78 is 81.4. The summed E-state index contributed by atoms with van der Waals surface area (Å²) in [5, 5.41) is 8.78. The second-order valence-electron chi connectivity index (χ2n) is 7.26. The minimum atomic E-state index is -4.72. The van der Waals surface area contributed by atoms with Gasteiger partial charge in [-0.05, 0) is 17.7 Å². The molecule has 2 heterocycles. The highest BCUT2D eigenvalue weighted by molar-refractivity contribution is 6.03. The van der Waals surface area contributed by atoms with Crippen LogP contribution >= 0.6 is 0 Å². The largest absolute Gasteiger partial charge is 0.418 e. The van der Waals surface area contributed by atoms with E-state index in [9.17, 15) is 31.1 Å². The number of para-hydroxylation sites is 1. The first-order valence-corrected chi connectivity index (χ1v) is 9.49. The Bertz CT molecular complexity index is 1120. The number of anilines is 2. The molecule has 0 bridgehead atoms.